The fourth-order valence-electron chi connectivity index (χ4n) is 1.91. The summed E-state index contributed by atoms with van der Waals surface area (Å²) in [7, 11) is 1.64. The van der Waals surface area contributed by atoms with Gasteiger partial charge in [0, 0.05) is 35.0 Å². The van der Waals surface area contributed by atoms with Crippen molar-refractivity contribution in [2.24, 2.45) is 7.05 Å². The molecule has 0 atom stereocenters. The van der Waals surface area contributed by atoms with Crippen LogP contribution in [0.25, 0.3) is 0 Å². The van der Waals surface area contributed by atoms with Gasteiger partial charge in [0.25, 0.3) is 11.5 Å². The highest BCUT2D eigenvalue weighted by Crippen LogP contribution is 2.25. The van der Waals surface area contributed by atoms with Gasteiger partial charge >= 0.3 is 0 Å². The third kappa shape index (κ3) is 2.99. The Balaban J connectivity index is 2.28. The lowest BCUT2D eigenvalue weighted by atomic mass is 10.1. The molecular formula is C15H15BrN2O2. The van der Waals surface area contributed by atoms with Gasteiger partial charge in [-0.15, -0.1) is 0 Å². The van der Waals surface area contributed by atoms with Crippen molar-refractivity contribution in [2.45, 2.75) is 13.8 Å². The van der Waals surface area contributed by atoms with E-state index < -0.39 is 0 Å². The minimum Gasteiger partial charge on any atom is -0.322 e. The number of pyridine rings is 1. The normalized spacial score (nSPS) is 10.4. The van der Waals surface area contributed by atoms with E-state index in [9.17, 15) is 9.59 Å². The van der Waals surface area contributed by atoms with Crippen LogP contribution in [-0.4, -0.2) is 10.5 Å². The molecule has 0 aliphatic carbocycles. The summed E-state index contributed by atoms with van der Waals surface area (Å²) in [5.41, 5.74) is 2.95. The molecule has 0 unspecified atom stereocenters. The Bertz CT molecular complexity index is 712. The van der Waals surface area contributed by atoms with E-state index in [1.807, 2.05) is 26.0 Å². The molecule has 0 saturated carbocycles. The third-order valence-corrected chi connectivity index (χ3v) is 4.31. The summed E-state index contributed by atoms with van der Waals surface area (Å²) in [6.07, 6.45) is 1.58. The van der Waals surface area contributed by atoms with Gasteiger partial charge in [-0.25, -0.2) is 0 Å². The molecule has 2 aromatic rings. The molecule has 104 valence electrons. The molecule has 4 nitrogen and oxygen atoms in total. The second kappa shape index (κ2) is 5.63. The van der Waals surface area contributed by atoms with E-state index in [-0.39, 0.29) is 11.5 Å². The van der Waals surface area contributed by atoms with Crippen molar-refractivity contribution in [3.8, 4) is 0 Å². The Morgan fingerprint density at radius 3 is 2.35 bits per heavy atom. The molecular weight excluding hydrogens is 320 g/mol. The van der Waals surface area contributed by atoms with Crippen molar-refractivity contribution in [1.29, 1.82) is 0 Å². The predicted molar refractivity (Wildman–Crippen MR) is 83.3 cm³/mol. The molecule has 0 aliphatic heterocycles. The summed E-state index contributed by atoms with van der Waals surface area (Å²) in [6.45, 7) is 3.93. The van der Waals surface area contributed by atoms with Crippen LogP contribution in [0.15, 0.2) is 39.7 Å². The minimum absolute atomic E-state index is 0.208. The molecule has 1 aromatic carbocycles. The largest absolute Gasteiger partial charge is 0.322 e. The Labute approximate surface area is 125 Å². The number of carbonyl (C=O) groups is 1. The molecule has 0 radical (unpaired) electrons. The van der Waals surface area contributed by atoms with Crippen LogP contribution in [0.3, 0.4) is 0 Å². The number of nitrogens with one attached hydrogen (secondary N) is 1. The second-order valence-corrected chi connectivity index (χ2v) is 5.54. The van der Waals surface area contributed by atoms with E-state index in [4.69, 9.17) is 0 Å². The van der Waals surface area contributed by atoms with E-state index in [1.54, 1.807) is 19.3 Å². The summed E-state index contributed by atoms with van der Waals surface area (Å²) in [6, 6.07) is 6.72. The molecule has 5 heteroatoms. The number of carbonyl (C=O) groups excluding carboxylic acids is 1. The lowest BCUT2D eigenvalue weighted by Crippen LogP contribution is -2.20. The van der Waals surface area contributed by atoms with Gasteiger partial charge in [0.05, 0.1) is 0 Å². The zero-order valence-electron chi connectivity index (χ0n) is 11.5. The van der Waals surface area contributed by atoms with Crippen molar-refractivity contribution >= 4 is 27.5 Å². The zero-order chi connectivity index (χ0) is 14.9. The van der Waals surface area contributed by atoms with E-state index in [0.717, 1.165) is 15.6 Å². The topological polar surface area (TPSA) is 51.1 Å². The number of hydrogen-bond acceptors (Lipinski definition) is 2. The molecule has 1 N–H and O–H groups in total. The first-order valence-electron chi connectivity index (χ1n) is 6.13. The van der Waals surface area contributed by atoms with Gasteiger partial charge in [-0.3, -0.25) is 9.59 Å². The molecule has 1 aromatic heterocycles. The van der Waals surface area contributed by atoms with Crippen LogP contribution in [0.4, 0.5) is 5.69 Å². The number of anilines is 1. The molecule has 0 saturated heterocycles. The van der Waals surface area contributed by atoms with Crippen molar-refractivity contribution in [3.05, 3.63) is 62.0 Å². The number of benzene rings is 1. The van der Waals surface area contributed by atoms with Crippen LogP contribution in [0.2, 0.25) is 0 Å². The lowest BCUT2D eigenvalue weighted by Gasteiger charge is -2.10. The van der Waals surface area contributed by atoms with Crippen LogP contribution in [0.1, 0.15) is 21.5 Å². The molecule has 20 heavy (non-hydrogen) atoms. The molecule has 0 aliphatic rings. The Morgan fingerprint density at radius 1 is 1.20 bits per heavy atom. The van der Waals surface area contributed by atoms with Crippen molar-refractivity contribution < 1.29 is 4.79 Å². The smallest absolute Gasteiger partial charge is 0.255 e. The predicted octanol–water partition coefficient (Wildman–Crippen LogP) is 3.02. The quantitative estimate of drug-likeness (QED) is 0.917. The highest BCUT2D eigenvalue weighted by atomic mass is 79.9. The van der Waals surface area contributed by atoms with Gasteiger partial charge in [-0.05, 0) is 43.2 Å². The summed E-state index contributed by atoms with van der Waals surface area (Å²) in [5.74, 6) is -0.288. The van der Waals surface area contributed by atoms with Gasteiger partial charge in [0.1, 0.15) is 0 Å². The Hall–Kier alpha value is -1.88. The number of amides is 1. The Morgan fingerprint density at radius 2 is 1.80 bits per heavy atom. The maximum absolute atomic E-state index is 12.1. The molecule has 2 rings (SSSR count). The monoisotopic (exact) mass is 334 g/mol. The number of halogens is 1. The number of rotatable bonds is 2. The van der Waals surface area contributed by atoms with Crippen LogP contribution >= 0.6 is 15.9 Å². The average Bonchev–Trinajstić information content (AvgIpc) is 2.39. The van der Waals surface area contributed by atoms with Gasteiger partial charge in [0.15, 0.2) is 0 Å². The molecule has 0 spiro atoms. The standard InChI is InChI=1S/C15H15BrN2O2/c1-9-6-12(7-10(2)14(9)16)17-15(20)11-4-5-18(3)13(19)8-11/h4-8H,1-3H3,(H,17,20). The zero-order valence-corrected chi connectivity index (χ0v) is 13.1. The third-order valence-electron chi connectivity index (χ3n) is 3.06. The average molecular weight is 335 g/mol. The van der Waals surface area contributed by atoms with Crippen LogP contribution in [-0.2, 0) is 7.05 Å². The van der Waals surface area contributed by atoms with E-state index in [0.29, 0.717) is 11.3 Å². The summed E-state index contributed by atoms with van der Waals surface area (Å²) in [4.78, 5) is 23.6. The van der Waals surface area contributed by atoms with E-state index in [2.05, 4.69) is 21.2 Å². The van der Waals surface area contributed by atoms with E-state index >= 15 is 0 Å². The first kappa shape index (κ1) is 14.5. The number of aromatic nitrogens is 1. The fourth-order valence-corrected chi connectivity index (χ4v) is 2.14. The van der Waals surface area contributed by atoms with Gasteiger partial charge in [-0.2, -0.15) is 0 Å². The van der Waals surface area contributed by atoms with Crippen molar-refractivity contribution in [2.75, 3.05) is 5.32 Å². The maximum Gasteiger partial charge on any atom is 0.255 e. The van der Waals surface area contributed by atoms with Gasteiger partial charge < -0.3 is 9.88 Å². The van der Waals surface area contributed by atoms with E-state index in [1.165, 1.54) is 10.6 Å². The number of nitrogens with zero attached hydrogens (tertiary/aromatic N) is 1. The maximum atomic E-state index is 12.1. The molecule has 1 amide bonds. The summed E-state index contributed by atoms with van der Waals surface area (Å²) >= 11 is 3.49. The first-order valence-corrected chi connectivity index (χ1v) is 6.92. The lowest BCUT2D eigenvalue weighted by molar-refractivity contribution is 0.102. The first-order chi connectivity index (χ1) is 9.38. The van der Waals surface area contributed by atoms with Crippen LogP contribution < -0.4 is 10.9 Å². The SMILES string of the molecule is Cc1cc(NC(=O)c2ccn(C)c(=O)c2)cc(C)c1Br. The van der Waals surface area contributed by atoms with Gasteiger partial charge in [0.2, 0.25) is 0 Å². The van der Waals surface area contributed by atoms with Crippen molar-refractivity contribution in [3.63, 3.8) is 0 Å². The second-order valence-electron chi connectivity index (χ2n) is 4.74. The van der Waals surface area contributed by atoms with Gasteiger partial charge in [-0.1, -0.05) is 15.9 Å². The molecule has 1 heterocycles. The number of aryl methyl sites for hydroxylation is 3. The molecule has 0 fully saturated rings. The Kier molecular flexibility index (Phi) is 4.09. The minimum atomic E-state index is -0.288. The highest BCUT2D eigenvalue weighted by Gasteiger charge is 2.09. The van der Waals surface area contributed by atoms with Crippen LogP contribution in [0.5, 0.6) is 0 Å². The number of hydrogen-bond donors (Lipinski definition) is 1. The van der Waals surface area contributed by atoms with Crippen molar-refractivity contribution in [1.82, 2.24) is 4.57 Å². The van der Waals surface area contributed by atoms with Crippen LogP contribution in [0, 0.1) is 13.8 Å². The summed E-state index contributed by atoms with van der Waals surface area (Å²) < 4.78 is 2.45. The summed E-state index contributed by atoms with van der Waals surface area (Å²) in [5, 5.41) is 2.81. The highest BCUT2D eigenvalue weighted by molar-refractivity contribution is 9.10. The fraction of sp³-hybridized carbons (Fsp3) is 0.200. The molecule has 0 bridgehead atoms.